The van der Waals surface area contributed by atoms with E-state index in [0.717, 1.165) is 24.8 Å². The first-order chi connectivity index (χ1) is 13.7. The summed E-state index contributed by atoms with van der Waals surface area (Å²) in [5.74, 6) is 0.200. The Kier molecular flexibility index (Phi) is 8.50. The maximum Gasteiger partial charge on any atom is 0.408 e. The van der Waals surface area contributed by atoms with Crippen molar-refractivity contribution in [2.24, 2.45) is 5.92 Å². The summed E-state index contributed by atoms with van der Waals surface area (Å²) >= 11 is 0. The molecule has 1 aliphatic rings. The van der Waals surface area contributed by atoms with E-state index in [0.29, 0.717) is 12.5 Å². The fraction of sp³-hybridized carbons (Fsp3) is 0.652. The molecule has 1 saturated carbocycles. The first kappa shape index (κ1) is 23.2. The molecule has 0 saturated heterocycles. The van der Waals surface area contributed by atoms with Crippen LogP contribution in [-0.2, 0) is 20.9 Å². The lowest BCUT2D eigenvalue weighted by Crippen LogP contribution is -2.56. The Bertz CT molecular complexity index is 657. The number of hydrogen-bond donors (Lipinski definition) is 2. The van der Waals surface area contributed by atoms with E-state index in [1.54, 1.807) is 27.7 Å². The van der Waals surface area contributed by atoms with Gasteiger partial charge >= 0.3 is 6.09 Å². The summed E-state index contributed by atoms with van der Waals surface area (Å²) in [6.45, 7) is 9.70. The van der Waals surface area contributed by atoms with Crippen molar-refractivity contribution in [3.05, 3.63) is 35.9 Å². The highest BCUT2D eigenvalue weighted by molar-refractivity contribution is 5.86. The number of amides is 2. The lowest BCUT2D eigenvalue weighted by molar-refractivity contribution is -0.128. The summed E-state index contributed by atoms with van der Waals surface area (Å²) in [4.78, 5) is 25.4. The molecule has 2 rings (SSSR count). The number of alkyl carbamates (subject to hydrolysis) is 1. The van der Waals surface area contributed by atoms with Crippen molar-refractivity contribution in [1.29, 1.82) is 0 Å². The van der Waals surface area contributed by atoms with Gasteiger partial charge < -0.3 is 20.1 Å². The molecule has 0 radical (unpaired) electrons. The van der Waals surface area contributed by atoms with E-state index in [1.807, 2.05) is 30.3 Å². The predicted molar refractivity (Wildman–Crippen MR) is 113 cm³/mol. The van der Waals surface area contributed by atoms with Gasteiger partial charge in [-0.3, -0.25) is 4.79 Å². The average Bonchev–Trinajstić information content (AvgIpc) is 2.65. The van der Waals surface area contributed by atoms with Crippen LogP contribution >= 0.6 is 0 Å². The van der Waals surface area contributed by atoms with Crippen molar-refractivity contribution in [1.82, 2.24) is 10.6 Å². The van der Waals surface area contributed by atoms with Gasteiger partial charge in [-0.2, -0.15) is 0 Å². The minimum atomic E-state index is -0.831. The van der Waals surface area contributed by atoms with Crippen molar-refractivity contribution < 1.29 is 19.1 Å². The minimum Gasteiger partial charge on any atom is -0.444 e. The first-order valence-electron chi connectivity index (χ1n) is 10.6. The third-order valence-corrected chi connectivity index (χ3v) is 5.22. The Hall–Kier alpha value is -2.08. The van der Waals surface area contributed by atoms with Crippen LogP contribution < -0.4 is 10.6 Å². The zero-order valence-corrected chi connectivity index (χ0v) is 18.4. The predicted octanol–water partition coefficient (Wildman–Crippen LogP) is 4.18. The third-order valence-electron chi connectivity index (χ3n) is 5.22. The second-order valence-electron chi connectivity index (χ2n) is 9.00. The molecule has 6 nitrogen and oxygen atoms in total. The first-order valence-corrected chi connectivity index (χ1v) is 10.6. The number of carbonyl (C=O) groups is 2. The largest absolute Gasteiger partial charge is 0.444 e. The van der Waals surface area contributed by atoms with Crippen LogP contribution in [0.4, 0.5) is 4.79 Å². The standard InChI is InChI=1S/C23H36N2O4/c1-16-11-9-10-14-19(16)24-21(26)20(25-22(27)29-23(3,4)5)17(2)28-15-18-12-7-6-8-13-18/h6-8,12-13,16-17,19-20H,9-11,14-15H2,1-5H3,(H,24,26)(H,25,27)/t16-,17-,19+,20-/m1/s1. The summed E-state index contributed by atoms with van der Waals surface area (Å²) in [5, 5.41) is 5.84. The van der Waals surface area contributed by atoms with Crippen LogP contribution in [0.2, 0.25) is 0 Å². The average molecular weight is 405 g/mol. The topological polar surface area (TPSA) is 76.7 Å². The van der Waals surface area contributed by atoms with E-state index in [1.165, 1.54) is 6.42 Å². The zero-order valence-electron chi connectivity index (χ0n) is 18.4. The maximum absolute atomic E-state index is 13.0. The Labute approximate surface area is 174 Å². The van der Waals surface area contributed by atoms with Crippen molar-refractivity contribution in [2.75, 3.05) is 0 Å². The normalized spacial score (nSPS) is 21.7. The third kappa shape index (κ3) is 8.05. The Balaban J connectivity index is 2.04. The zero-order chi connectivity index (χ0) is 21.4. The van der Waals surface area contributed by atoms with E-state index in [9.17, 15) is 9.59 Å². The van der Waals surface area contributed by atoms with E-state index in [4.69, 9.17) is 9.47 Å². The van der Waals surface area contributed by atoms with Crippen molar-refractivity contribution in [3.63, 3.8) is 0 Å². The van der Waals surface area contributed by atoms with Gasteiger partial charge in [0.25, 0.3) is 0 Å². The second kappa shape index (κ2) is 10.6. The number of hydrogen-bond acceptors (Lipinski definition) is 4. The smallest absolute Gasteiger partial charge is 0.408 e. The van der Waals surface area contributed by atoms with Crippen LogP contribution in [-0.4, -0.2) is 35.8 Å². The molecule has 1 aromatic rings. The molecule has 162 valence electrons. The fourth-order valence-corrected chi connectivity index (χ4v) is 3.53. The monoisotopic (exact) mass is 404 g/mol. The molecule has 0 spiro atoms. The summed E-state index contributed by atoms with van der Waals surface area (Å²) in [5.41, 5.74) is 0.369. The number of ether oxygens (including phenoxy) is 2. The van der Waals surface area contributed by atoms with Crippen molar-refractivity contribution in [2.45, 2.75) is 90.7 Å². The Morgan fingerprint density at radius 1 is 1.14 bits per heavy atom. The van der Waals surface area contributed by atoms with Gasteiger partial charge in [0.2, 0.25) is 5.91 Å². The second-order valence-corrected chi connectivity index (χ2v) is 9.00. The summed E-state index contributed by atoms with van der Waals surface area (Å²) in [6, 6.07) is 9.05. The molecule has 1 aliphatic carbocycles. The molecule has 4 atom stereocenters. The molecular weight excluding hydrogens is 368 g/mol. The summed E-state index contributed by atoms with van der Waals surface area (Å²) in [6.07, 6.45) is 3.25. The van der Waals surface area contributed by atoms with E-state index >= 15 is 0 Å². The molecule has 0 aromatic heterocycles. The van der Waals surface area contributed by atoms with Gasteiger partial charge in [-0.25, -0.2) is 4.79 Å². The molecule has 2 N–H and O–H groups in total. The van der Waals surface area contributed by atoms with Gasteiger partial charge in [-0.1, -0.05) is 50.1 Å². The SMILES string of the molecule is C[C@@H]1CCCC[C@@H]1NC(=O)[C@H](NC(=O)OC(C)(C)C)[C@@H](C)OCc1ccccc1. The number of carbonyl (C=O) groups excluding carboxylic acids is 2. The van der Waals surface area contributed by atoms with Crippen LogP contribution in [0.25, 0.3) is 0 Å². The maximum atomic E-state index is 13.0. The van der Waals surface area contributed by atoms with Gasteiger partial charge in [-0.15, -0.1) is 0 Å². The van der Waals surface area contributed by atoms with Gasteiger partial charge in [0, 0.05) is 6.04 Å². The number of benzene rings is 1. The Morgan fingerprint density at radius 2 is 1.79 bits per heavy atom. The van der Waals surface area contributed by atoms with E-state index in [-0.39, 0.29) is 11.9 Å². The van der Waals surface area contributed by atoms with Crippen molar-refractivity contribution >= 4 is 12.0 Å². The minimum absolute atomic E-state index is 0.125. The van der Waals surface area contributed by atoms with Crippen LogP contribution in [0.1, 0.15) is 65.9 Å². The van der Waals surface area contributed by atoms with Crippen LogP contribution in [0.3, 0.4) is 0 Å². The lowest BCUT2D eigenvalue weighted by atomic mass is 9.86. The Morgan fingerprint density at radius 3 is 2.41 bits per heavy atom. The lowest BCUT2D eigenvalue weighted by Gasteiger charge is -2.32. The van der Waals surface area contributed by atoms with Crippen LogP contribution in [0, 0.1) is 5.92 Å². The molecule has 0 aliphatic heterocycles. The fourth-order valence-electron chi connectivity index (χ4n) is 3.53. The molecule has 1 fully saturated rings. The summed E-state index contributed by atoms with van der Waals surface area (Å²) in [7, 11) is 0. The number of nitrogens with one attached hydrogen (secondary N) is 2. The number of rotatable bonds is 7. The summed E-state index contributed by atoms with van der Waals surface area (Å²) < 4.78 is 11.3. The highest BCUT2D eigenvalue weighted by atomic mass is 16.6. The molecule has 0 unspecified atom stereocenters. The van der Waals surface area contributed by atoms with Gasteiger partial charge in [0.15, 0.2) is 0 Å². The van der Waals surface area contributed by atoms with Crippen molar-refractivity contribution in [3.8, 4) is 0 Å². The highest BCUT2D eigenvalue weighted by Crippen LogP contribution is 2.24. The van der Waals surface area contributed by atoms with Gasteiger partial charge in [-0.05, 0) is 52.0 Å². The molecular formula is C23H36N2O4. The molecule has 1 aromatic carbocycles. The molecule has 29 heavy (non-hydrogen) atoms. The molecule has 0 bridgehead atoms. The van der Waals surface area contributed by atoms with Gasteiger partial charge in [0.1, 0.15) is 11.6 Å². The highest BCUT2D eigenvalue weighted by Gasteiger charge is 2.32. The van der Waals surface area contributed by atoms with E-state index in [2.05, 4.69) is 17.6 Å². The van der Waals surface area contributed by atoms with Crippen LogP contribution in [0.5, 0.6) is 0 Å². The molecule has 6 heteroatoms. The van der Waals surface area contributed by atoms with Gasteiger partial charge in [0.05, 0.1) is 12.7 Å². The molecule has 2 amide bonds. The van der Waals surface area contributed by atoms with E-state index < -0.39 is 23.8 Å². The quantitative estimate of drug-likeness (QED) is 0.715. The van der Waals surface area contributed by atoms with Crippen LogP contribution in [0.15, 0.2) is 30.3 Å². The molecule has 0 heterocycles.